The van der Waals surface area contributed by atoms with E-state index in [1.165, 1.54) is 19.1 Å². The number of epoxide rings is 1. The summed E-state index contributed by atoms with van der Waals surface area (Å²) in [5.74, 6) is -1.07. The number of esters is 1. The Labute approximate surface area is 263 Å². The lowest BCUT2D eigenvalue weighted by Crippen LogP contribution is -2.64. The Bertz CT molecular complexity index is 1310. The number of nitrogens with zero attached hydrogens (tertiary/aromatic N) is 1. The number of rotatable bonds is 5. The largest absolute Gasteiger partial charge is 0.495 e. The van der Waals surface area contributed by atoms with Gasteiger partial charge in [-0.1, -0.05) is 56.2 Å². The summed E-state index contributed by atoms with van der Waals surface area (Å²) >= 11 is 6.68. The maximum absolute atomic E-state index is 13.7. The average molecular weight is 635 g/mol. The molecule has 2 fully saturated rings. The molecule has 44 heavy (non-hydrogen) atoms. The van der Waals surface area contributed by atoms with Gasteiger partial charge in [0.2, 0.25) is 5.91 Å². The van der Waals surface area contributed by atoms with Crippen LogP contribution in [0.1, 0.15) is 46.1 Å². The quantitative estimate of drug-likeness (QED) is 0.366. The molecule has 3 aliphatic heterocycles. The van der Waals surface area contributed by atoms with E-state index in [1.54, 1.807) is 28.0 Å². The Morgan fingerprint density at radius 2 is 1.91 bits per heavy atom. The van der Waals surface area contributed by atoms with E-state index in [0.717, 1.165) is 11.1 Å². The lowest BCUT2D eigenvalue weighted by Gasteiger charge is -2.44. The van der Waals surface area contributed by atoms with Crippen molar-refractivity contribution in [1.29, 1.82) is 0 Å². The molecule has 0 saturated carbocycles. The molecule has 0 aromatic heterocycles. The number of anilines is 1. The van der Waals surface area contributed by atoms with Gasteiger partial charge in [0.15, 0.2) is 5.72 Å². The second-order valence-electron chi connectivity index (χ2n) is 11.9. The summed E-state index contributed by atoms with van der Waals surface area (Å²) in [4.78, 5) is 40.7. The predicted molar refractivity (Wildman–Crippen MR) is 164 cm³/mol. The van der Waals surface area contributed by atoms with Gasteiger partial charge in [-0.25, -0.2) is 4.79 Å². The molecule has 7 atom stereocenters. The second kappa shape index (κ2) is 13.9. The number of methoxy groups -OCH3 is 3. The summed E-state index contributed by atoms with van der Waals surface area (Å²) in [5.41, 5.74) is 1.13. The normalized spacial score (nSPS) is 33.0. The van der Waals surface area contributed by atoms with E-state index in [4.69, 9.17) is 40.0 Å². The number of amides is 2. The van der Waals surface area contributed by atoms with Crippen LogP contribution in [0, 0.1) is 11.8 Å². The highest BCUT2D eigenvalue weighted by Gasteiger charge is 2.56. The monoisotopic (exact) mass is 634 g/mol. The summed E-state index contributed by atoms with van der Waals surface area (Å²) in [5, 5.41) is 3.10. The molecule has 1 aromatic carbocycles. The number of halogens is 1. The fraction of sp³-hybridized carbons (Fsp3) is 0.594. The van der Waals surface area contributed by atoms with Gasteiger partial charge in [-0.15, -0.1) is 0 Å². The zero-order valence-electron chi connectivity index (χ0n) is 26.5. The highest BCUT2D eigenvalue weighted by Crippen LogP contribution is 2.42. The molecule has 4 bridgehead atoms. The molecule has 1 aromatic rings. The zero-order chi connectivity index (χ0) is 32.3. The van der Waals surface area contributed by atoms with Crippen LogP contribution < -0.4 is 15.0 Å². The second-order valence-corrected chi connectivity index (χ2v) is 12.3. The standard InChI is InChI=1S/C32H43ClN2O9/c1-17(2)30(37)42-23-15-26(36)35(5)21-13-20(14-22(39-6)27(21)33)12-18(3)10-9-11-25(40-7)32(41-8)16-24(43-31(38)34-32)19(4)28-29(23)44-28/h9-11,13-14,17,19,23-25,28-29H,12,15-16H2,1-8H3,(H,34,38)/b11-9+,18-10+/t19-,23+,24-,25-,28-,29+,32+/m1/s1. The third-order valence-corrected chi connectivity index (χ3v) is 8.87. The molecule has 242 valence electrons. The van der Waals surface area contributed by atoms with Crippen molar-refractivity contribution in [3.63, 3.8) is 0 Å². The van der Waals surface area contributed by atoms with Gasteiger partial charge in [0, 0.05) is 33.6 Å². The molecule has 2 amide bonds. The van der Waals surface area contributed by atoms with Gasteiger partial charge in [-0.2, -0.15) is 0 Å². The number of hydrogen-bond donors (Lipinski definition) is 1. The molecule has 0 unspecified atom stereocenters. The zero-order valence-corrected chi connectivity index (χ0v) is 27.3. The van der Waals surface area contributed by atoms with E-state index in [1.807, 2.05) is 44.2 Å². The molecule has 1 N–H and O–H groups in total. The van der Waals surface area contributed by atoms with Crippen molar-refractivity contribution in [3.8, 4) is 5.75 Å². The van der Waals surface area contributed by atoms with Crippen molar-refractivity contribution in [2.24, 2.45) is 11.8 Å². The number of ether oxygens (including phenoxy) is 6. The van der Waals surface area contributed by atoms with Crippen LogP contribution in [-0.2, 0) is 39.7 Å². The molecular weight excluding hydrogens is 592 g/mol. The summed E-state index contributed by atoms with van der Waals surface area (Å²) in [6.07, 6.45) is 2.47. The number of allylic oxidation sites excluding steroid dienone is 3. The van der Waals surface area contributed by atoms with E-state index in [0.29, 0.717) is 22.9 Å². The molecule has 0 aliphatic carbocycles. The fourth-order valence-electron chi connectivity index (χ4n) is 5.75. The van der Waals surface area contributed by atoms with Crippen LogP contribution in [0.5, 0.6) is 5.75 Å². The van der Waals surface area contributed by atoms with Gasteiger partial charge in [0.05, 0.1) is 31.2 Å². The van der Waals surface area contributed by atoms with Gasteiger partial charge in [-0.05, 0) is 31.0 Å². The maximum Gasteiger partial charge on any atom is 0.409 e. The van der Waals surface area contributed by atoms with Crippen molar-refractivity contribution in [2.75, 3.05) is 33.3 Å². The number of carbonyl (C=O) groups excluding carboxylic acids is 3. The Morgan fingerprint density at radius 1 is 1.18 bits per heavy atom. The fourth-order valence-corrected chi connectivity index (χ4v) is 6.06. The number of nitrogens with one attached hydrogen (secondary N) is 1. The topological polar surface area (TPSA) is 125 Å². The molecule has 11 nitrogen and oxygen atoms in total. The van der Waals surface area contributed by atoms with Crippen molar-refractivity contribution < 1.29 is 42.8 Å². The molecule has 3 heterocycles. The maximum atomic E-state index is 13.7. The number of alkyl carbamates (subject to hydrolysis) is 1. The van der Waals surface area contributed by atoms with E-state index < -0.39 is 54.2 Å². The van der Waals surface area contributed by atoms with Crippen LogP contribution in [0.4, 0.5) is 10.5 Å². The van der Waals surface area contributed by atoms with E-state index in [9.17, 15) is 14.4 Å². The van der Waals surface area contributed by atoms with Crippen molar-refractivity contribution in [1.82, 2.24) is 5.32 Å². The Morgan fingerprint density at radius 3 is 2.55 bits per heavy atom. The summed E-state index contributed by atoms with van der Waals surface area (Å²) in [6, 6.07) is 3.68. The third kappa shape index (κ3) is 7.22. The summed E-state index contributed by atoms with van der Waals surface area (Å²) in [7, 11) is 6.20. The number of benzene rings is 1. The minimum atomic E-state index is -1.21. The highest BCUT2D eigenvalue weighted by atomic mass is 35.5. The first kappa shape index (κ1) is 33.8. The summed E-state index contributed by atoms with van der Waals surface area (Å²) in [6.45, 7) is 7.32. The lowest BCUT2D eigenvalue weighted by atomic mass is 9.87. The molecule has 2 saturated heterocycles. The van der Waals surface area contributed by atoms with Gasteiger partial charge < -0.3 is 33.3 Å². The van der Waals surface area contributed by atoms with Gasteiger partial charge in [0.1, 0.15) is 35.2 Å². The van der Waals surface area contributed by atoms with E-state index in [-0.39, 0.29) is 24.7 Å². The minimum absolute atomic E-state index is 0.145. The molecule has 12 heteroatoms. The number of fused-ring (bicyclic) bond motifs is 5. The predicted octanol–water partition coefficient (Wildman–Crippen LogP) is 4.59. The van der Waals surface area contributed by atoms with Gasteiger partial charge in [-0.3, -0.25) is 14.9 Å². The Balaban J connectivity index is 1.78. The molecular formula is C32H43ClN2O9. The lowest BCUT2D eigenvalue weighted by molar-refractivity contribution is -0.161. The van der Waals surface area contributed by atoms with Crippen molar-refractivity contribution in [2.45, 2.75) is 83.2 Å². The van der Waals surface area contributed by atoms with E-state index in [2.05, 4.69) is 5.32 Å². The highest BCUT2D eigenvalue weighted by molar-refractivity contribution is 6.35. The van der Waals surface area contributed by atoms with Gasteiger partial charge in [0.25, 0.3) is 0 Å². The minimum Gasteiger partial charge on any atom is -0.495 e. The number of carbonyl (C=O) groups is 3. The first-order valence-electron chi connectivity index (χ1n) is 14.7. The molecule has 0 radical (unpaired) electrons. The van der Waals surface area contributed by atoms with E-state index >= 15 is 0 Å². The van der Waals surface area contributed by atoms with Crippen LogP contribution >= 0.6 is 11.6 Å². The summed E-state index contributed by atoms with van der Waals surface area (Å²) < 4.78 is 34.8. The van der Waals surface area contributed by atoms with Crippen molar-refractivity contribution >= 4 is 35.3 Å². The van der Waals surface area contributed by atoms with Crippen molar-refractivity contribution in [3.05, 3.63) is 46.5 Å². The molecule has 0 spiro atoms. The van der Waals surface area contributed by atoms with Gasteiger partial charge >= 0.3 is 12.1 Å². The van der Waals surface area contributed by atoms with Crippen LogP contribution in [0.3, 0.4) is 0 Å². The first-order chi connectivity index (χ1) is 20.8. The molecule has 3 aliphatic rings. The number of hydrogen-bond acceptors (Lipinski definition) is 9. The Kier molecular flexibility index (Phi) is 10.7. The average Bonchev–Trinajstić information content (AvgIpc) is 3.79. The SMILES string of the molecule is COc1cc2cc(c1Cl)N(C)C(=O)C[C@H](OC(=O)C(C)C)[C@@H]1O[C@@H]1[C@H](C)[C@H]1C[C@@](OC)(NC(=O)O1)[C@H](OC)/C=C/C=C(\C)C2. The van der Waals surface area contributed by atoms with Crippen LogP contribution in [0.15, 0.2) is 35.9 Å². The van der Waals surface area contributed by atoms with Crippen LogP contribution in [0.2, 0.25) is 5.02 Å². The smallest absolute Gasteiger partial charge is 0.409 e. The van der Waals surface area contributed by atoms with Crippen LogP contribution in [0.25, 0.3) is 0 Å². The first-order valence-corrected chi connectivity index (χ1v) is 15.1. The third-order valence-electron chi connectivity index (χ3n) is 8.49. The molecule has 4 rings (SSSR count). The Hall–Kier alpha value is -3.12. The van der Waals surface area contributed by atoms with Crippen LogP contribution in [-0.4, -0.2) is 82.6 Å².